The maximum Gasteiger partial charge on any atom is 0.229 e. The van der Waals surface area contributed by atoms with E-state index in [0.717, 1.165) is 29.5 Å². The number of hydrogen-bond acceptors (Lipinski definition) is 5. The van der Waals surface area contributed by atoms with Crippen molar-refractivity contribution in [1.82, 2.24) is 24.5 Å². The van der Waals surface area contributed by atoms with Crippen LogP contribution in [0, 0.1) is 11.6 Å². The van der Waals surface area contributed by atoms with Gasteiger partial charge in [0, 0.05) is 29.9 Å². The number of rotatable bonds is 5. The minimum Gasteiger partial charge on any atom is -0.299 e. The molecule has 0 saturated carbocycles. The topological polar surface area (TPSA) is 94.7 Å². The summed E-state index contributed by atoms with van der Waals surface area (Å²) in [7, 11) is -1.87. The molecule has 0 unspecified atom stereocenters. The van der Waals surface area contributed by atoms with Crippen LogP contribution in [0.3, 0.4) is 0 Å². The van der Waals surface area contributed by atoms with Gasteiger partial charge in [0.2, 0.25) is 10.0 Å². The summed E-state index contributed by atoms with van der Waals surface area (Å²) in [4.78, 5) is 5.94. The molecule has 5 aromatic rings. The second-order valence-corrected chi connectivity index (χ2v) is 9.55. The Morgan fingerprint density at radius 1 is 0.971 bits per heavy atom. The van der Waals surface area contributed by atoms with E-state index in [-0.39, 0.29) is 11.3 Å². The Labute approximate surface area is 193 Å². The van der Waals surface area contributed by atoms with Gasteiger partial charge in [0.1, 0.15) is 23.7 Å². The van der Waals surface area contributed by atoms with Crippen molar-refractivity contribution in [1.29, 1.82) is 0 Å². The van der Waals surface area contributed by atoms with Crippen molar-refractivity contribution in [3.05, 3.63) is 78.8 Å². The second kappa shape index (κ2) is 8.03. The third kappa shape index (κ3) is 4.25. The van der Waals surface area contributed by atoms with Gasteiger partial charge in [0.05, 0.1) is 29.2 Å². The molecule has 0 aliphatic carbocycles. The lowest BCUT2D eigenvalue weighted by atomic mass is 10.0. The molecule has 5 rings (SSSR count). The molecular weight excluding hydrogens is 462 g/mol. The van der Waals surface area contributed by atoms with Crippen molar-refractivity contribution < 1.29 is 17.2 Å². The summed E-state index contributed by atoms with van der Waals surface area (Å²) in [6.45, 7) is 0. The third-order valence-corrected chi connectivity index (χ3v) is 5.79. The summed E-state index contributed by atoms with van der Waals surface area (Å²) in [5, 5.41) is 8.39. The summed E-state index contributed by atoms with van der Waals surface area (Å²) in [5.41, 5.74) is 4.25. The first kappa shape index (κ1) is 21.7. The van der Waals surface area contributed by atoms with Gasteiger partial charge < -0.3 is 0 Å². The van der Waals surface area contributed by atoms with Gasteiger partial charge in [-0.1, -0.05) is 6.07 Å². The molecule has 11 heteroatoms. The van der Waals surface area contributed by atoms with Crippen LogP contribution in [0.1, 0.15) is 0 Å². The molecule has 0 saturated heterocycles. The van der Waals surface area contributed by atoms with Gasteiger partial charge in [-0.2, -0.15) is 15.0 Å². The first-order valence-electron chi connectivity index (χ1n) is 10.1. The number of imidazole rings is 1. The summed E-state index contributed by atoms with van der Waals surface area (Å²) in [6, 6.07) is 13.6. The molecule has 1 N–H and O–H groups in total. The summed E-state index contributed by atoms with van der Waals surface area (Å²) in [5.74, 6) is -1.46. The van der Waals surface area contributed by atoms with Gasteiger partial charge in [-0.25, -0.2) is 22.2 Å². The Balaban J connectivity index is 1.65. The molecule has 172 valence electrons. The first-order valence-corrected chi connectivity index (χ1v) is 12.0. The largest absolute Gasteiger partial charge is 0.299 e. The Bertz CT molecular complexity index is 1660. The second-order valence-electron chi connectivity index (χ2n) is 7.80. The number of fused-ring (bicyclic) bond motifs is 1. The number of aromatic nitrogens is 5. The highest BCUT2D eigenvalue weighted by molar-refractivity contribution is 7.92. The molecule has 0 spiro atoms. The molecule has 2 heterocycles. The average molecular weight is 481 g/mol. The molecular formula is C23H18F2N6O2S. The number of hydrogen-bond donors (Lipinski definition) is 1. The highest BCUT2D eigenvalue weighted by Crippen LogP contribution is 2.31. The van der Waals surface area contributed by atoms with Gasteiger partial charge >= 0.3 is 0 Å². The molecule has 8 nitrogen and oxygen atoms in total. The number of aryl methyl sites for hydroxylation is 1. The predicted octanol–water partition coefficient (Wildman–Crippen LogP) is 4.14. The monoisotopic (exact) mass is 480 g/mol. The van der Waals surface area contributed by atoms with Gasteiger partial charge in [-0.05, 0) is 48.0 Å². The molecule has 0 aliphatic rings. The van der Waals surface area contributed by atoms with Crippen molar-refractivity contribution in [2.45, 2.75) is 0 Å². The SMILES string of the molecule is Cn1ncc(-c2ccc3c(c2)ncn3-c2cc(NS(C)(=O)=O)cc(-c3ccc(F)cc3F)c2)n1. The summed E-state index contributed by atoms with van der Waals surface area (Å²) in [6.07, 6.45) is 4.27. The van der Waals surface area contributed by atoms with Gasteiger partial charge in [-0.15, -0.1) is 0 Å². The Kier molecular flexibility index (Phi) is 5.13. The lowest BCUT2D eigenvalue weighted by Gasteiger charge is -2.13. The van der Waals surface area contributed by atoms with Crippen molar-refractivity contribution >= 4 is 26.7 Å². The fraction of sp³-hybridized carbons (Fsp3) is 0.0870. The first-order chi connectivity index (χ1) is 16.2. The zero-order valence-electron chi connectivity index (χ0n) is 18.1. The molecule has 0 aliphatic heterocycles. The molecule has 0 amide bonds. The van der Waals surface area contributed by atoms with Crippen LogP contribution in [0.15, 0.2) is 67.1 Å². The highest BCUT2D eigenvalue weighted by Gasteiger charge is 2.14. The standard InChI is InChI=1S/C23H18F2N6O2S/c1-30-27-12-22(28-30)14-3-6-23-21(9-14)26-13-31(23)18-8-15(7-17(11-18)29-34(2,32)33)19-5-4-16(24)10-20(19)25/h3-13,29H,1-2H3. The van der Waals surface area contributed by atoms with E-state index < -0.39 is 21.7 Å². The van der Waals surface area contributed by atoms with Crippen LogP contribution in [-0.2, 0) is 17.1 Å². The van der Waals surface area contributed by atoms with Crippen LogP contribution in [0.2, 0.25) is 0 Å². The Hall–Kier alpha value is -4.12. The molecule has 2 aromatic heterocycles. The van der Waals surface area contributed by atoms with Crippen LogP contribution in [0.4, 0.5) is 14.5 Å². The minimum absolute atomic E-state index is 0.133. The summed E-state index contributed by atoms with van der Waals surface area (Å²) < 4.78 is 55.9. The number of sulfonamides is 1. The molecule has 0 radical (unpaired) electrons. The lowest BCUT2D eigenvalue weighted by molar-refractivity contribution is 0.585. The van der Waals surface area contributed by atoms with Crippen molar-refractivity contribution in [2.24, 2.45) is 7.05 Å². The number of nitrogens with zero attached hydrogens (tertiary/aromatic N) is 5. The zero-order valence-corrected chi connectivity index (χ0v) is 18.9. The van der Waals surface area contributed by atoms with E-state index in [0.29, 0.717) is 22.5 Å². The Morgan fingerprint density at radius 3 is 2.50 bits per heavy atom. The molecule has 0 fully saturated rings. The van der Waals surface area contributed by atoms with E-state index in [1.165, 1.54) is 16.9 Å². The van der Waals surface area contributed by atoms with Gasteiger partial charge in [0.15, 0.2) is 0 Å². The van der Waals surface area contributed by atoms with E-state index in [9.17, 15) is 17.2 Å². The molecule has 3 aromatic carbocycles. The van der Waals surface area contributed by atoms with E-state index >= 15 is 0 Å². The van der Waals surface area contributed by atoms with E-state index in [1.807, 2.05) is 18.2 Å². The lowest BCUT2D eigenvalue weighted by Crippen LogP contribution is -2.10. The fourth-order valence-electron chi connectivity index (χ4n) is 3.76. The van der Waals surface area contributed by atoms with Crippen LogP contribution >= 0.6 is 0 Å². The zero-order chi connectivity index (χ0) is 24.0. The predicted molar refractivity (Wildman–Crippen MR) is 125 cm³/mol. The summed E-state index contributed by atoms with van der Waals surface area (Å²) >= 11 is 0. The number of halogens is 2. The van der Waals surface area contributed by atoms with Crippen molar-refractivity contribution in [3.8, 4) is 28.1 Å². The fourth-order valence-corrected chi connectivity index (χ4v) is 4.30. The van der Waals surface area contributed by atoms with Crippen LogP contribution < -0.4 is 4.72 Å². The number of anilines is 1. The highest BCUT2D eigenvalue weighted by atomic mass is 32.2. The van der Waals surface area contributed by atoms with Crippen LogP contribution in [0.5, 0.6) is 0 Å². The molecule has 0 bridgehead atoms. The number of benzene rings is 3. The van der Waals surface area contributed by atoms with Gasteiger partial charge in [-0.3, -0.25) is 9.29 Å². The molecule has 34 heavy (non-hydrogen) atoms. The normalized spacial score (nSPS) is 11.8. The Morgan fingerprint density at radius 2 is 1.79 bits per heavy atom. The van der Waals surface area contributed by atoms with Crippen LogP contribution in [0.25, 0.3) is 39.1 Å². The smallest absolute Gasteiger partial charge is 0.229 e. The van der Waals surface area contributed by atoms with Crippen molar-refractivity contribution in [2.75, 3.05) is 11.0 Å². The number of nitrogens with one attached hydrogen (secondary N) is 1. The average Bonchev–Trinajstić information content (AvgIpc) is 3.38. The van der Waals surface area contributed by atoms with Gasteiger partial charge in [0.25, 0.3) is 0 Å². The van der Waals surface area contributed by atoms with Crippen LogP contribution in [-0.4, -0.2) is 39.2 Å². The maximum absolute atomic E-state index is 14.5. The maximum atomic E-state index is 14.5. The van der Waals surface area contributed by atoms with Crippen molar-refractivity contribution in [3.63, 3.8) is 0 Å². The minimum atomic E-state index is -3.60. The van der Waals surface area contributed by atoms with E-state index in [1.54, 1.807) is 36.3 Å². The van der Waals surface area contributed by atoms with E-state index in [2.05, 4.69) is 19.9 Å². The molecule has 0 atom stereocenters. The van der Waals surface area contributed by atoms with E-state index in [4.69, 9.17) is 0 Å². The quantitative estimate of drug-likeness (QED) is 0.408. The third-order valence-electron chi connectivity index (χ3n) is 5.18.